The van der Waals surface area contributed by atoms with Gasteiger partial charge in [-0.1, -0.05) is 11.6 Å². The molecule has 1 aromatic rings. The first-order chi connectivity index (χ1) is 9.56. The second-order valence-corrected chi connectivity index (χ2v) is 5.27. The molecule has 2 unspecified atom stereocenters. The van der Waals surface area contributed by atoms with Crippen molar-refractivity contribution in [1.82, 2.24) is 0 Å². The monoisotopic (exact) mass is 298 g/mol. The van der Waals surface area contributed by atoms with Gasteiger partial charge in [-0.3, -0.25) is 4.79 Å². The van der Waals surface area contributed by atoms with E-state index in [1.807, 2.05) is 0 Å². The molecule has 20 heavy (non-hydrogen) atoms. The van der Waals surface area contributed by atoms with Crippen LogP contribution in [0, 0.1) is 0 Å². The van der Waals surface area contributed by atoms with Gasteiger partial charge in [-0.25, -0.2) is 0 Å². The Morgan fingerprint density at radius 1 is 1.65 bits per heavy atom. The van der Waals surface area contributed by atoms with E-state index in [0.29, 0.717) is 23.0 Å². The number of carbonyl (C=O) groups is 1. The zero-order valence-electron chi connectivity index (χ0n) is 11.4. The van der Waals surface area contributed by atoms with Gasteiger partial charge in [0.1, 0.15) is 6.10 Å². The molecule has 0 bridgehead atoms. The minimum atomic E-state index is -0.561. The second-order valence-electron chi connectivity index (χ2n) is 4.83. The number of nitrogens with one attached hydrogen (secondary N) is 1. The molecule has 1 aliphatic rings. The van der Waals surface area contributed by atoms with Crippen LogP contribution in [0.5, 0.6) is 0 Å². The van der Waals surface area contributed by atoms with Crippen LogP contribution in [0.4, 0.5) is 11.4 Å². The van der Waals surface area contributed by atoms with Crippen LogP contribution in [0.2, 0.25) is 5.02 Å². The van der Waals surface area contributed by atoms with Gasteiger partial charge in [0.05, 0.1) is 24.1 Å². The van der Waals surface area contributed by atoms with Crippen LogP contribution in [-0.2, 0) is 14.3 Å². The first-order valence-electron chi connectivity index (χ1n) is 6.65. The maximum absolute atomic E-state index is 12.0. The number of ether oxygens (including phenoxy) is 2. The Labute approximate surface area is 123 Å². The quantitative estimate of drug-likeness (QED) is 0.819. The highest BCUT2D eigenvalue weighted by Gasteiger charge is 2.20. The van der Waals surface area contributed by atoms with Gasteiger partial charge in [0, 0.05) is 11.6 Å². The average Bonchev–Trinajstić information content (AvgIpc) is 2.92. The first-order valence-corrected chi connectivity index (χ1v) is 7.03. The molecule has 0 saturated carbocycles. The van der Waals surface area contributed by atoms with E-state index in [1.54, 1.807) is 25.1 Å². The molecular weight excluding hydrogens is 280 g/mol. The lowest BCUT2D eigenvalue weighted by molar-refractivity contribution is -0.128. The van der Waals surface area contributed by atoms with Crippen LogP contribution in [0.25, 0.3) is 0 Å². The molecule has 1 fully saturated rings. The van der Waals surface area contributed by atoms with Gasteiger partial charge >= 0.3 is 0 Å². The first kappa shape index (κ1) is 15.1. The molecule has 110 valence electrons. The molecule has 1 saturated heterocycles. The van der Waals surface area contributed by atoms with Crippen molar-refractivity contribution in [2.24, 2.45) is 0 Å². The van der Waals surface area contributed by atoms with Gasteiger partial charge in [0.25, 0.3) is 5.91 Å². The number of hydrogen-bond donors (Lipinski definition) is 2. The predicted molar refractivity (Wildman–Crippen MR) is 78.9 cm³/mol. The molecule has 0 aromatic heterocycles. The molecule has 1 aromatic carbocycles. The predicted octanol–water partition coefficient (Wildman–Crippen LogP) is 2.44. The highest BCUT2D eigenvalue weighted by atomic mass is 35.5. The zero-order chi connectivity index (χ0) is 14.5. The third-order valence-electron chi connectivity index (χ3n) is 3.20. The van der Waals surface area contributed by atoms with Gasteiger partial charge in [-0.2, -0.15) is 0 Å². The summed E-state index contributed by atoms with van der Waals surface area (Å²) in [5.74, 6) is -0.239. The maximum Gasteiger partial charge on any atom is 0.253 e. The van der Waals surface area contributed by atoms with E-state index >= 15 is 0 Å². The number of halogens is 1. The lowest BCUT2D eigenvalue weighted by Gasteiger charge is -2.16. The van der Waals surface area contributed by atoms with Gasteiger partial charge in [-0.05, 0) is 38.0 Å². The van der Waals surface area contributed by atoms with Crippen LogP contribution in [0.1, 0.15) is 19.8 Å². The topological polar surface area (TPSA) is 73.6 Å². The van der Waals surface area contributed by atoms with Crippen molar-refractivity contribution >= 4 is 28.9 Å². The molecule has 1 aliphatic heterocycles. The van der Waals surface area contributed by atoms with Crippen LogP contribution in [0.15, 0.2) is 18.2 Å². The summed E-state index contributed by atoms with van der Waals surface area (Å²) < 4.78 is 11.0. The number of hydrogen-bond acceptors (Lipinski definition) is 4. The lowest BCUT2D eigenvalue weighted by atomic mass is 10.2. The Morgan fingerprint density at radius 2 is 2.45 bits per heavy atom. The molecule has 0 radical (unpaired) electrons. The van der Waals surface area contributed by atoms with Crippen molar-refractivity contribution in [3.05, 3.63) is 23.2 Å². The van der Waals surface area contributed by atoms with Gasteiger partial charge < -0.3 is 20.5 Å². The van der Waals surface area contributed by atoms with E-state index in [2.05, 4.69) is 5.32 Å². The molecular formula is C14H19ClN2O3. The summed E-state index contributed by atoms with van der Waals surface area (Å²) in [6.45, 7) is 2.91. The molecule has 5 nitrogen and oxygen atoms in total. The SMILES string of the molecule is CC(OCC1CCCO1)C(=O)Nc1ccc(Cl)cc1N. The van der Waals surface area contributed by atoms with Crippen molar-refractivity contribution < 1.29 is 14.3 Å². The summed E-state index contributed by atoms with van der Waals surface area (Å²) >= 11 is 5.81. The standard InChI is InChI=1S/C14H19ClN2O3/c1-9(20-8-11-3-2-6-19-11)14(18)17-13-5-4-10(15)7-12(13)16/h4-5,7,9,11H,2-3,6,8,16H2,1H3,(H,17,18). The molecule has 1 amide bonds. The number of nitrogen functional groups attached to an aromatic ring is 1. The average molecular weight is 299 g/mol. The van der Waals surface area contributed by atoms with Gasteiger partial charge in [-0.15, -0.1) is 0 Å². The van der Waals surface area contributed by atoms with E-state index in [4.69, 9.17) is 26.8 Å². The summed E-state index contributed by atoms with van der Waals surface area (Å²) in [4.78, 5) is 12.0. The summed E-state index contributed by atoms with van der Waals surface area (Å²) in [6, 6.07) is 4.93. The van der Waals surface area contributed by atoms with Gasteiger partial charge in [0.15, 0.2) is 0 Å². The fourth-order valence-electron chi connectivity index (χ4n) is 1.98. The molecule has 6 heteroatoms. The fraction of sp³-hybridized carbons (Fsp3) is 0.500. The molecule has 3 N–H and O–H groups in total. The van der Waals surface area contributed by atoms with E-state index in [-0.39, 0.29) is 12.0 Å². The van der Waals surface area contributed by atoms with Crippen LogP contribution < -0.4 is 11.1 Å². The maximum atomic E-state index is 12.0. The fourth-order valence-corrected chi connectivity index (χ4v) is 2.17. The van der Waals surface area contributed by atoms with E-state index in [0.717, 1.165) is 19.4 Å². The summed E-state index contributed by atoms with van der Waals surface area (Å²) in [6.07, 6.45) is 1.58. The van der Waals surface area contributed by atoms with E-state index in [9.17, 15) is 4.79 Å². The largest absolute Gasteiger partial charge is 0.397 e. The molecule has 2 rings (SSSR count). The zero-order valence-corrected chi connectivity index (χ0v) is 12.2. The minimum Gasteiger partial charge on any atom is -0.397 e. The minimum absolute atomic E-state index is 0.103. The number of carbonyl (C=O) groups excluding carboxylic acids is 1. The number of amides is 1. The van der Waals surface area contributed by atoms with Crippen molar-refractivity contribution in [1.29, 1.82) is 0 Å². The molecule has 1 heterocycles. The number of rotatable bonds is 5. The van der Waals surface area contributed by atoms with Crippen LogP contribution in [-0.4, -0.2) is 31.3 Å². The number of nitrogens with two attached hydrogens (primary N) is 1. The number of benzene rings is 1. The van der Waals surface area contributed by atoms with Crippen molar-refractivity contribution in [3.8, 4) is 0 Å². The van der Waals surface area contributed by atoms with Gasteiger partial charge in [0.2, 0.25) is 0 Å². The highest BCUT2D eigenvalue weighted by molar-refractivity contribution is 6.31. The Morgan fingerprint density at radius 3 is 3.10 bits per heavy atom. The Balaban J connectivity index is 1.83. The van der Waals surface area contributed by atoms with Crippen molar-refractivity contribution in [3.63, 3.8) is 0 Å². The third kappa shape index (κ3) is 4.10. The normalized spacial score (nSPS) is 19.8. The van der Waals surface area contributed by atoms with Crippen LogP contribution >= 0.6 is 11.6 Å². The summed E-state index contributed by atoms with van der Waals surface area (Å²) in [7, 11) is 0. The summed E-state index contributed by atoms with van der Waals surface area (Å²) in [5.41, 5.74) is 6.75. The Bertz CT molecular complexity index is 475. The molecule has 0 spiro atoms. The Kier molecular flexibility index (Phi) is 5.23. The lowest BCUT2D eigenvalue weighted by Crippen LogP contribution is -2.30. The third-order valence-corrected chi connectivity index (χ3v) is 3.43. The Hall–Kier alpha value is -1.30. The summed E-state index contributed by atoms with van der Waals surface area (Å²) in [5, 5.41) is 3.25. The van der Waals surface area contributed by atoms with E-state index < -0.39 is 6.10 Å². The molecule has 2 atom stereocenters. The van der Waals surface area contributed by atoms with Crippen molar-refractivity contribution in [2.45, 2.75) is 32.0 Å². The number of anilines is 2. The van der Waals surface area contributed by atoms with Crippen molar-refractivity contribution in [2.75, 3.05) is 24.3 Å². The van der Waals surface area contributed by atoms with Crippen LogP contribution in [0.3, 0.4) is 0 Å². The second kappa shape index (κ2) is 6.92. The molecule has 0 aliphatic carbocycles. The van der Waals surface area contributed by atoms with E-state index in [1.165, 1.54) is 0 Å². The highest BCUT2D eigenvalue weighted by Crippen LogP contribution is 2.23. The smallest absolute Gasteiger partial charge is 0.253 e.